The molecule has 1 heterocycles. The highest BCUT2D eigenvalue weighted by Crippen LogP contribution is 2.21. The van der Waals surface area contributed by atoms with Crippen LogP contribution in [-0.4, -0.2) is 16.6 Å². The lowest BCUT2D eigenvalue weighted by atomic mass is 10.0. The molecular formula is C11H13N2O+. The molecule has 0 unspecified atom stereocenters. The molecule has 0 spiro atoms. The molecule has 0 aliphatic rings. The van der Waals surface area contributed by atoms with Gasteiger partial charge in [0.15, 0.2) is 0 Å². The lowest BCUT2D eigenvalue weighted by molar-refractivity contribution is -0.385. The maximum atomic E-state index is 9.74. The van der Waals surface area contributed by atoms with E-state index < -0.39 is 6.10 Å². The van der Waals surface area contributed by atoms with E-state index >= 15 is 0 Å². The number of hydrogen-bond acceptors (Lipinski definition) is 2. The third-order valence-electron chi connectivity index (χ3n) is 2.32. The van der Waals surface area contributed by atoms with Crippen LogP contribution in [0, 0.1) is 0 Å². The Hall–Kier alpha value is -1.45. The molecule has 14 heavy (non-hydrogen) atoms. The number of rotatable bonds is 2. The number of quaternary nitrogens is 1. The van der Waals surface area contributed by atoms with Crippen molar-refractivity contribution in [1.82, 2.24) is 4.98 Å². The molecule has 0 radical (unpaired) electrons. The minimum atomic E-state index is -0.497. The van der Waals surface area contributed by atoms with Crippen molar-refractivity contribution in [3.63, 3.8) is 0 Å². The highest BCUT2D eigenvalue weighted by molar-refractivity contribution is 5.82. The number of benzene rings is 1. The molecule has 0 bridgehead atoms. The average Bonchev–Trinajstić information content (AvgIpc) is 2.27. The molecule has 3 heteroatoms. The molecule has 4 N–H and O–H groups in total. The van der Waals surface area contributed by atoms with Crippen molar-refractivity contribution in [2.24, 2.45) is 0 Å². The van der Waals surface area contributed by atoms with Crippen LogP contribution >= 0.6 is 0 Å². The summed E-state index contributed by atoms with van der Waals surface area (Å²) in [5.74, 6) is 0. The largest absolute Gasteiger partial charge is 0.382 e. The molecule has 72 valence electrons. The van der Waals surface area contributed by atoms with Gasteiger partial charge in [-0.05, 0) is 17.7 Å². The Morgan fingerprint density at radius 1 is 1.29 bits per heavy atom. The summed E-state index contributed by atoms with van der Waals surface area (Å²) in [4.78, 5) is 4.23. The third kappa shape index (κ3) is 1.47. The summed E-state index contributed by atoms with van der Waals surface area (Å²) in [6, 6.07) is 9.64. The van der Waals surface area contributed by atoms with Gasteiger partial charge in [0.1, 0.15) is 12.6 Å². The van der Waals surface area contributed by atoms with Gasteiger partial charge in [0.05, 0.1) is 5.52 Å². The Kier molecular flexibility index (Phi) is 2.43. The maximum absolute atomic E-state index is 9.74. The molecule has 0 aliphatic carbocycles. The molecule has 0 fully saturated rings. The van der Waals surface area contributed by atoms with Gasteiger partial charge < -0.3 is 10.8 Å². The van der Waals surface area contributed by atoms with Crippen LogP contribution in [-0.2, 0) is 0 Å². The molecule has 1 aromatic carbocycles. The van der Waals surface area contributed by atoms with E-state index in [1.54, 1.807) is 6.20 Å². The average molecular weight is 189 g/mol. The number of aliphatic hydroxyl groups is 1. The van der Waals surface area contributed by atoms with Crippen LogP contribution in [0.1, 0.15) is 11.7 Å². The van der Waals surface area contributed by atoms with Crippen molar-refractivity contribution < 1.29 is 10.8 Å². The summed E-state index contributed by atoms with van der Waals surface area (Å²) in [5.41, 5.74) is 5.52. The van der Waals surface area contributed by atoms with Crippen molar-refractivity contribution in [3.05, 3.63) is 42.1 Å². The topological polar surface area (TPSA) is 60.8 Å². The van der Waals surface area contributed by atoms with E-state index in [0.29, 0.717) is 6.54 Å². The number of para-hydroxylation sites is 1. The lowest BCUT2D eigenvalue weighted by Gasteiger charge is -2.08. The van der Waals surface area contributed by atoms with Crippen LogP contribution in [0.25, 0.3) is 10.9 Å². The van der Waals surface area contributed by atoms with Crippen LogP contribution in [0.2, 0.25) is 0 Å². The summed E-state index contributed by atoms with van der Waals surface area (Å²) in [7, 11) is 0. The van der Waals surface area contributed by atoms with Crippen LogP contribution < -0.4 is 5.73 Å². The Balaban J connectivity index is 2.65. The standard InChI is InChI=1S/C11H12N2O/c12-7-11(14)9-5-6-13-10-4-2-1-3-8(9)10/h1-6,11,14H,7,12H2/p+1/t11-/m0/s1. The van der Waals surface area contributed by atoms with Gasteiger partial charge in [-0.3, -0.25) is 4.98 Å². The van der Waals surface area contributed by atoms with E-state index in [-0.39, 0.29) is 0 Å². The first-order chi connectivity index (χ1) is 6.83. The maximum Gasteiger partial charge on any atom is 0.128 e. The fourth-order valence-corrected chi connectivity index (χ4v) is 1.56. The number of aliphatic hydroxyl groups excluding tert-OH is 1. The normalized spacial score (nSPS) is 13.0. The number of hydrogen-bond donors (Lipinski definition) is 2. The summed E-state index contributed by atoms with van der Waals surface area (Å²) in [6.45, 7) is 0.480. The van der Waals surface area contributed by atoms with Crippen molar-refractivity contribution in [2.45, 2.75) is 6.10 Å². The van der Waals surface area contributed by atoms with Gasteiger partial charge in [-0.1, -0.05) is 18.2 Å². The first-order valence-corrected chi connectivity index (χ1v) is 4.64. The van der Waals surface area contributed by atoms with Gasteiger partial charge in [-0.2, -0.15) is 0 Å². The van der Waals surface area contributed by atoms with Crippen LogP contribution in [0.3, 0.4) is 0 Å². The molecule has 0 amide bonds. The summed E-state index contributed by atoms with van der Waals surface area (Å²) >= 11 is 0. The quantitative estimate of drug-likeness (QED) is 0.723. The Bertz CT molecular complexity index is 437. The van der Waals surface area contributed by atoms with Gasteiger partial charge in [0.2, 0.25) is 0 Å². The summed E-state index contributed by atoms with van der Waals surface area (Å²) < 4.78 is 0. The van der Waals surface area contributed by atoms with E-state index in [1.165, 1.54) is 0 Å². The minimum Gasteiger partial charge on any atom is -0.382 e. The zero-order chi connectivity index (χ0) is 9.97. The van der Waals surface area contributed by atoms with E-state index in [4.69, 9.17) is 0 Å². The van der Waals surface area contributed by atoms with Crippen molar-refractivity contribution in [2.75, 3.05) is 6.54 Å². The fraction of sp³-hybridized carbons (Fsp3) is 0.182. The van der Waals surface area contributed by atoms with Crippen LogP contribution in [0.4, 0.5) is 0 Å². The smallest absolute Gasteiger partial charge is 0.128 e. The lowest BCUT2D eigenvalue weighted by Crippen LogP contribution is -2.52. The van der Waals surface area contributed by atoms with E-state index in [1.807, 2.05) is 30.3 Å². The second-order valence-corrected chi connectivity index (χ2v) is 3.22. The van der Waals surface area contributed by atoms with E-state index in [0.717, 1.165) is 16.5 Å². The van der Waals surface area contributed by atoms with Gasteiger partial charge in [0, 0.05) is 11.6 Å². The van der Waals surface area contributed by atoms with Crippen molar-refractivity contribution in [3.8, 4) is 0 Å². The van der Waals surface area contributed by atoms with Gasteiger partial charge >= 0.3 is 0 Å². The number of nitrogens with zero attached hydrogens (tertiary/aromatic N) is 1. The Labute approximate surface area is 82.2 Å². The number of aromatic nitrogens is 1. The molecule has 1 atom stereocenters. The van der Waals surface area contributed by atoms with Crippen molar-refractivity contribution >= 4 is 10.9 Å². The van der Waals surface area contributed by atoms with Gasteiger partial charge in [-0.25, -0.2) is 0 Å². The number of pyridine rings is 1. The van der Waals surface area contributed by atoms with Crippen LogP contribution in [0.5, 0.6) is 0 Å². The number of fused-ring (bicyclic) bond motifs is 1. The van der Waals surface area contributed by atoms with Crippen LogP contribution in [0.15, 0.2) is 36.5 Å². The summed E-state index contributed by atoms with van der Waals surface area (Å²) in [6.07, 6.45) is 1.22. The van der Waals surface area contributed by atoms with E-state index in [2.05, 4.69) is 10.7 Å². The summed E-state index contributed by atoms with van der Waals surface area (Å²) in [5, 5.41) is 10.7. The predicted octanol–water partition coefficient (Wildman–Crippen LogP) is 0.510. The monoisotopic (exact) mass is 189 g/mol. The third-order valence-corrected chi connectivity index (χ3v) is 2.32. The Morgan fingerprint density at radius 3 is 2.86 bits per heavy atom. The van der Waals surface area contributed by atoms with Gasteiger partial charge in [-0.15, -0.1) is 0 Å². The zero-order valence-corrected chi connectivity index (χ0v) is 7.85. The first kappa shape index (κ1) is 9.12. The second kappa shape index (κ2) is 3.74. The molecule has 0 saturated heterocycles. The van der Waals surface area contributed by atoms with Gasteiger partial charge in [0.25, 0.3) is 0 Å². The molecule has 2 aromatic rings. The van der Waals surface area contributed by atoms with E-state index in [9.17, 15) is 5.11 Å². The zero-order valence-electron chi connectivity index (χ0n) is 7.85. The fourth-order valence-electron chi connectivity index (χ4n) is 1.56. The SMILES string of the molecule is [NH3+]C[C@H](O)c1ccnc2ccccc12. The predicted molar refractivity (Wildman–Crippen MR) is 54.5 cm³/mol. The molecule has 0 aliphatic heterocycles. The molecule has 1 aromatic heterocycles. The Morgan fingerprint density at radius 2 is 2.07 bits per heavy atom. The second-order valence-electron chi connectivity index (χ2n) is 3.22. The first-order valence-electron chi connectivity index (χ1n) is 4.64. The molecule has 0 saturated carbocycles. The molecular weight excluding hydrogens is 176 g/mol. The molecule has 2 rings (SSSR count). The highest BCUT2D eigenvalue weighted by Gasteiger charge is 2.10. The highest BCUT2D eigenvalue weighted by atomic mass is 16.3. The molecule has 3 nitrogen and oxygen atoms in total. The van der Waals surface area contributed by atoms with Crippen molar-refractivity contribution in [1.29, 1.82) is 0 Å². The minimum absolute atomic E-state index is 0.480.